The SMILES string of the molecule is CCC(CC)(CBr)NC(=O)Cc1cccc(C)c1. The lowest BCUT2D eigenvalue weighted by Crippen LogP contribution is -2.49. The van der Waals surface area contributed by atoms with Gasteiger partial charge in [0.1, 0.15) is 0 Å². The lowest BCUT2D eigenvalue weighted by Gasteiger charge is -2.31. The van der Waals surface area contributed by atoms with Gasteiger partial charge in [-0.2, -0.15) is 0 Å². The molecule has 100 valence electrons. The molecule has 0 spiro atoms. The molecule has 1 N–H and O–H groups in total. The molecule has 0 aliphatic carbocycles. The van der Waals surface area contributed by atoms with Crippen molar-refractivity contribution in [3.63, 3.8) is 0 Å². The van der Waals surface area contributed by atoms with Crippen molar-refractivity contribution < 1.29 is 4.79 Å². The van der Waals surface area contributed by atoms with E-state index in [9.17, 15) is 4.79 Å². The van der Waals surface area contributed by atoms with E-state index in [-0.39, 0.29) is 11.4 Å². The second-order valence-corrected chi connectivity index (χ2v) is 5.40. The fourth-order valence-corrected chi connectivity index (χ4v) is 2.93. The minimum absolute atomic E-state index is 0.101. The summed E-state index contributed by atoms with van der Waals surface area (Å²) in [6, 6.07) is 8.10. The lowest BCUT2D eigenvalue weighted by atomic mass is 9.95. The van der Waals surface area contributed by atoms with Crippen molar-refractivity contribution in [3.05, 3.63) is 35.4 Å². The van der Waals surface area contributed by atoms with E-state index in [0.717, 1.165) is 23.7 Å². The quantitative estimate of drug-likeness (QED) is 0.799. The van der Waals surface area contributed by atoms with Crippen molar-refractivity contribution in [1.29, 1.82) is 0 Å². The highest BCUT2D eigenvalue weighted by Gasteiger charge is 2.26. The van der Waals surface area contributed by atoms with Gasteiger partial charge in [0.05, 0.1) is 6.42 Å². The van der Waals surface area contributed by atoms with Crippen LogP contribution in [-0.4, -0.2) is 16.8 Å². The summed E-state index contributed by atoms with van der Waals surface area (Å²) in [7, 11) is 0. The number of benzene rings is 1. The summed E-state index contributed by atoms with van der Waals surface area (Å²) >= 11 is 3.50. The van der Waals surface area contributed by atoms with Gasteiger partial charge in [-0.05, 0) is 25.3 Å². The van der Waals surface area contributed by atoms with Crippen LogP contribution in [0.5, 0.6) is 0 Å². The number of carbonyl (C=O) groups excluding carboxylic acids is 1. The molecule has 0 heterocycles. The first-order chi connectivity index (χ1) is 8.55. The number of rotatable bonds is 6. The molecule has 1 rings (SSSR count). The van der Waals surface area contributed by atoms with Gasteiger partial charge in [0.25, 0.3) is 0 Å². The van der Waals surface area contributed by atoms with Crippen LogP contribution in [0, 0.1) is 6.92 Å². The maximum Gasteiger partial charge on any atom is 0.224 e. The number of amides is 1. The molecule has 0 aromatic heterocycles. The number of hydrogen-bond acceptors (Lipinski definition) is 1. The van der Waals surface area contributed by atoms with Crippen molar-refractivity contribution >= 4 is 21.8 Å². The molecule has 0 saturated heterocycles. The number of aryl methyl sites for hydroxylation is 1. The van der Waals surface area contributed by atoms with E-state index in [2.05, 4.69) is 41.2 Å². The average molecular weight is 312 g/mol. The van der Waals surface area contributed by atoms with E-state index in [1.807, 2.05) is 25.1 Å². The molecule has 1 aromatic rings. The minimum atomic E-state index is -0.110. The first kappa shape index (κ1) is 15.2. The highest BCUT2D eigenvalue weighted by molar-refractivity contribution is 9.09. The normalized spacial score (nSPS) is 11.3. The van der Waals surface area contributed by atoms with Gasteiger partial charge >= 0.3 is 0 Å². The van der Waals surface area contributed by atoms with E-state index in [0.29, 0.717) is 6.42 Å². The third kappa shape index (κ3) is 4.13. The Labute approximate surface area is 118 Å². The van der Waals surface area contributed by atoms with Crippen LogP contribution in [0.4, 0.5) is 0 Å². The maximum atomic E-state index is 12.1. The van der Waals surface area contributed by atoms with Crippen molar-refractivity contribution in [2.24, 2.45) is 0 Å². The average Bonchev–Trinajstić information content (AvgIpc) is 2.36. The van der Waals surface area contributed by atoms with Gasteiger partial charge in [-0.15, -0.1) is 0 Å². The maximum absolute atomic E-state index is 12.1. The summed E-state index contributed by atoms with van der Waals surface area (Å²) in [5, 5.41) is 3.96. The molecule has 0 unspecified atom stereocenters. The van der Waals surface area contributed by atoms with Gasteiger partial charge in [-0.3, -0.25) is 4.79 Å². The molecule has 1 aromatic carbocycles. The lowest BCUT2D eigenvalue weighted by molar-refractivity contribution is -0.122. The largest absolute Gasteiger partial charge is 0.350 e. The first-order valence-electron chi connectivity index (χ1n) is 6.47. The highest BCUT2D eigenvalue weighted by Crippen LogP contribution is 2.18. The molecule has 0 radical (unpaired) electrons. The Morgan fingerprint density at radius 2 is 2.00 bits per heavy atom. The third-order valence-corrected chi connectivity index (χ3v) is 4.53. The van der Waals surface area contributed by atoms with Crippen LogP contribution in [0.1, 0.15) is 37.8 Å². The minimum Gasteiger partial charge on any atom is -0.350 e. The Hall–Kier alpha value is -0.830. The zero-order valence-corrected chi connectivity index (χ0v) is 13.0. The molecule has 18 heavy (non-hydrogen) atoms. The Bertz CT molecular complexity index is 391. The Morgan fingerprint density at radius 1 is 1.33 bits per heavy atom. The van der Waals surface area contributed by atoms with Crippen LogP contribution in [0.3, 0.4) is 0 Å². The van der Waals surface area contributed by atoms with Crippen molar-refractivity contribution in [2.75, 3.05) is 5.33 Å². The zero-order valence-electron chi connectivity index (χ0n) is 11.4. The summed E-state index contributed by atoms with van der Waals surface area (Å²) in [6.45, 7) is 6.26. The van der Waals surface area contributed by atoms with Crippen LogP contribution >= 0.6 is 15.9 Å². The number of alkyl halides is 1. The molecule has 3 heteroatoms. The van der Waals surface area contributed by atoms with E-state index < -0.39 is 0 Å². The van der Waals surface area contributed by atoms with Crippen LogP contribution in [0.2, 0.25) is 0 Å². The summed E-state index contributed by atoms with van der Waals surface area (Å²) < 4.78 is 0. The van der Waals surface area contributed by atoms with Gasteiger partial charge < -0.3 is 5.32 Å². The summed E-state index contributed by atoms with van der Waals surface area (Å²) in [6.07, 6.45) is 2.33. The Morgan fingerprint density at radius 3 is 2.50 bits per heavy atom. The molecular weight excluding hydrogens is 290 g/mol. The van der Waals surface area contributed by atoms with E-state index in [4.69, 9.17) is 0 Å². The zero-order chi connectivity index (χ0) is 13.6. The molecular formula is C15H22BrNO. The summed E-state index contributed by atoms with van der Waals surface area (Å²) in [5.41, 5.74) is 2.15. The van der Waals surface area contributed by atoms with Gasteiger partial charge in [-0.25, -0.2) is 0 Å². The number of halogens is 1. The molecule has 0 bridgehead atoms. The standard InChI is InChI=1S/C15H22BrNO/c1-4-15(5-2,11-16)17-14(18)10-13-8-6-7-12(3)9-13/h6-9H,4-5,10-11H2,1-3H3,(H,17,18). The molecule has 0 saturated carbocycles. The van der Waals surface area contributed by atoms with Gasteiger partial charge in [0, 0.05) is 10.9 Å². The molecule has 1 amide bonds. The smallest absolute Gasteiger partial charge is 0.224 e. The second-order valence-electron chi connectivity index (χ2n) is 4.84. The fourth-order valence-electron chi connectivity index (χ4n) is 2.00. The van der Waals surface area contributed by atoms with Crippen LogP contribution in [-0.2, 0) is 11.2 Å². The second kappa shape index (κ2) is 6.93. The number of nitrogens with one attached hydrogen (secondary N) is 1. The fraction of sp³-hybridized carbons (Fsp3) is 0.533. The van der Waals surface area contributed by atoms with Crippen LogP contribution < -0.4 is 5.32 Å². The van der Waals surface area contributed by atoms with Crippen molar-refractivity contribution in [2.45, 2.75) is 45.6 Å². The summed E-state index contributed by atoms with van der Waals surface area (Å²) in [5.74, 6) is 0.101. The molecule has 0 fully saturated rings. The Kier molecular flexibility index (Phi) is 5.86. The van der Waals surface area contributed by atoms with E-state index >= 15 is 0 Å². The monoisotopic (exact) mass is 311 g/mol. The van der Waals surface area contributed by atoms with Gasteiger partial charge in [0.2, 0.25) is 5.91 Å². The highest BCUT2D eigenvalue weighted by atomic mass is 79.9. The van der Waals surface area contributed by atoms with E-state index in [1.54, 1.807) is 0 Å². The van der Waals surface area contributed by atoms with Crippen LogP contribution in [0.25, 0.3) is 0 Å². The molecule has 0 aliphatic rings. The van der Waals surface area contributed by atoms with Crippen molar-refractivity contribution in [1.82, 2.24) is 5.32 Å². The molecule has 2 nitrogen and oxygen atoms in total. The third-order valence-electron chi connectivity index (χ3n) is 3.46. The predicted molar refractivity (Wildman–Crippen MR) is 80.1 cm³/mol. The number of carbonyl (C=O) groups is 1. The number of hydrogen-bond donors (Lipinski definition) is 1. The molecule has 0 atom stereocenters. The topological polar surface area (TPSA) is 29.1 Å². The predicted octanol–water partition coefficient (Wildman–Crippen LogP) is 3.61. The van der Waals surface area contributed by atoms with Gasteiger partial charge in [0.15, 0.2) is 0 Å². The van der Waals surface area contributed by atoms with E-state index in [1.165, 1.54) is 5.56 Å². The van der Waals surface area contributed by atoms with Crippen molar-refractivity contribution in [3.8, 4) is 0 Å². The first-order valence-corrected chi connectivity index (χ1v) is 7.60. The van der Waals surface area contributed by atoms with Gasteiger partial charge in [-0.1, -0.05) is 59.6 Å². The summed E-state index contributed by atoms with van der Waals surface area (Å²) in [4.78, 5) is 12.1. The van der Waals surface area contributed by atoms with Crippen LogP contribution in [0.15, 0.2) is 24.3 Å². The molecule has 0 aliphatic heterocycles. The Balaban J connectivity index is 2.66.